The van der Waals surface area contributed by atoms with Gasteiger partial charge in [-0.15, -0.1) is 35.3 Å². The van der Waals surface area contributed by atoms with Crippen molar-refractivity contribution in [1.82, 2.24) is 15.6 Å². The van der Waals surface area contributed by atoms with Crippen LogP contribution in [0.4, 0.5) is 0 Å². The number of oxazole rings is 1. The zero-order valence-corrected chi connectivity index (χ0v) is 17.0. The van der Waals surface area contributed by atoms with Crippen LogP contribution in [-0.2, 0) is 16.4 Å². The van der Waals surface area contributed by atoms with E-state index in [9.17, 15) is 8.42 Å². The zero-order chi connectivity index (χ0) is 16.3. The number of hydrogen-bond donors (Lipinski definition) is 2. The first kappa shape index (κ1) is 19.2. The maximum atomic E-state index is 11.5. The molecule has 2 N–H and O–H groups in total. The number of hydrogen-bond acceptors (Lipinski definition) is 6. The van der Waals surface area contributed by atoms with Crippen molar-refractivity contribution in [1.29, 1.82) is 0 Å². The zero-order valence-electron chi connectivity index (χ0n) is 13.1. The van der Waals surface area contributed by atoms with Crippen LogP contribution in [0.2, 0.25) is 0 Å². The standard InChI is InChI=1S/C14H18N4O3S2.HI/c1-15-14(18-10-4-6-23(19,20)9-10)16-7-11-8-21-13(17-11)12-3-2-5-22-12;/h2-3,5,8,10H,4,6-7,9H2,1H3,(H2,15,16,18);1H. The maximum Gasteiger partial charge on any atom is 0.236 e. The molecule has 132 valence electrons. The third-order valence-corrected chi connectivity index (χ3v) is 6.14. The van der Waals surface area contributed by atoms with Crippen LogP contribution in [0.5, 0.6) is 0 Å². The lowest BCUT2D eigenvalue weighted by Crippen LogP contribution is -2.43. The molecule has 0 aromatic carbocycles. The number of halogens is 1. The van der Waals surface area contributed by atoms with Crippen molar-refractivity contribution in [2.75, 3.05) is 18.6 Å². The number of rotatable bonds is 4. The summed E-state index contributed by atoms with van der Waals surface area (Å²) >= 11 is 1.57. The lowest BCUT2D eigenvalue weighted by Gasteiger charge is -2.15. The number of nitrogens with one attached hydrogen (secondary N) is 2. The summed E-state index contributed by atoms with van der Waals surface area (Å²) in [5.74, 6) is 1.55. The summed E-state index contributed by atoms with van der Waals surface area (Å²) < 4.78 is 28.4. The largest absolute Gasteiger partial charge is 0.443 e. The van der Waals surface area contributed by atoms with Crippen molar-refractivity contribution in [3.8, 4) is 10.8 Å². The number of sulfone groups is 1. The van der Waals surface area contributed by atoms with Crippen LogP contribution in [0, 0.1) is 0 Å². The molecule has 3 heterocycles. The summed E-state index contributed by atoms with van der Waals surface area (Å²) in [6, 6.07) is 3.81. The molecule has 7 nitrogen and oxygen atoms in total. The van der Waals surface area contributed by atoms with E-state index in [0.29, 0.717) is 24.8 Å². The molecule has 0 radical (unpaired) electrons. The Balaban J connectivity index is 0.00000208. The van der Waals surface area contributed by atoms with Crippen LogP contribution < -0.4 is 10.6 Å². The SMILES string of the molecule is CN=C(NCc1coc(-c2cccs2)n1)NC1CCS(=O)(=O)C1.I. The van der Waals surface area contributed by atoms with Crippen LogP contribution >= 0.6 is 35.3 Å². The molecule has 1 aliphatic rings. The fourth-order valence-electron chi connectivity index (χ4n) is 2.37. The van der Waals surface area contributed by atoms with E-state index < -0.39 is 9.84 Å². The Bertz CT molecular complexity index is 787. The molecule has 24 heavy (non-hydrogen) atoms. The minimum absolute atomic E-state index is 0. The summed E-state index contributed by atoms with van der Waals surface area (Å²) in [4.78, 5) is 9.51. The number of aromatic nitrogens is 1. The second-order valence-electron chi connectivity index (χ2n) is 5.29. The molecule has 3 rings (SSSR count). The van der Waals surface area contributed by atoms with Crippen LogP contribution in [0.1, 0.15) is 12.1 Å². The van der Waals surface area contributed by atoms with Gasteiger partial charge in [0.2, 0.25) is 5.89 Å². The molecule has 2 aromatic heterocycles. The van der Waals surface area contributed by atoms with Crippen LogP contribution in [0.15, 0.2) is 33.2 Å². The van der Waals surface area contributed by atoms with Gasteiger partial charge < -0.3 is 15.1 Å². The van der Waals surface area contributed by atoms with Gasteiger partial charge in [-0.25, -0.2) is 13.4 Å². The van der Waals surface area contributed by atoms with E-state index in [1.165, 1.54) is 0 Å². The highest BCUT2D eigenvalue weighted by atomic mass is 127. The van der Waals surface area contributed by atoms with E-state index in [0.717, 1.165) is 10.6 Å². The predicted molar refractivity (Wildman–Crippen MR) is 106 cm³/mol. The Morgan fingerprint density at radius 2 is 2.38 bits per heavy atom. The molecule has 1 atom stereocenters. The first-order chi connectivity index (χ1) is 11.1. The average Bonchev–Trinajstić information content (AvgIpc) is 3.23. The Morgan fingerprint density at radius 3 is 3.00 bits per heavy atom. The van der Waals surface area contributed by atoms with Gasteiger partial charge in [0.1, 0.15) is 6.26 Å². The van der Waals surface area contributed by atoms with Gasteiger partial charge in [-0.05, 0) is 17.9 Å². The minimum atomic E-state index is -2.91. The quantitative estimate of drug-likeness (QED) is 0.393. The van der Waals surface area contributed by atoms with Crippen LogP contribution in [-0.4, -0.2) is 44.0 Å². The van der Waals surface area contributed by atoms with Crippen molar-refractivity contribution >= 4 is 51.1 Å². The first-order valence-electron chi connectivity index (χ1n) is 7.21. The molecule has 0 spiro atoms. The smallest absolute Gasteiger partial charge is 0.236 e. The molecule has 1 fully saturated rings. The second-order valence-corrected chi connectivity index (χ2v) is 8.47. The van der Waals surface area contributed by atoms with Gasteiger partial charge in [0, 0.05) is 13.1 Å². The number of aliphatic imine (C=N–C) groups is 1. The molecule has 0 saturated carbocycles. The number of guanidine groups is 1. The van der Waals surface area contributed by atoms with E-state index in [1.54, 1.807) is 24.6 Å². The lowest BCUT2D eigenvalue weighted by molar-refractivity contribution is 0.573. The highest BCUT2D eigenvalue weighted by molar-refractivity contribution is 14.0. The summed E-state index contributed by atoms with van der Waals surface area (Å²) in [6.45, 7) is 0.452. The van der Waals surface area contributed by atoms with Gasteiger partial charge in [-0.3, -0.25) is 4.99 Å². The molecule has 2 aromatic rings. The summed E-state index contributed by atoms with van der Waals surface area (Å²) in [5, 5.41) is 8.22. The second kappa shape index (κ2) is 8.30. The normalized spacial score (nSPS) is 19.7. The van der Waals surface area contributed by atoms with Gasteiger partial charge in [0.15, 0.2) is 15.8 Å². The van der Waals surface area contributed by atoms with Crippen LogP contribution in [0.25, 0.3) is 10.8 Å². The van der Waals surface area contributed by atoms with E-state index in [2.05, 4.69) is 20.6 Å². The molecule has 0 aliphatic carbocycles. The molecule has 1 aliphatic heterocycles. The van der Waals surface area contributed by atoms with Crippen molar-refractivity contribution in [3.63, 3.8) is 0 Å². The minimum Gasteiger partial charge on any atom is -0.443 e. The molecular formula is C14H19IN4O3S2. The van der Waals surface area contributed by atoms with Crippen molar-refractivity contribution in [3.05, 3.63) is 29.5 Å². The molecular weight excluding hydrogens is 463 g/mol. The van der Waals surface area contributed by atoms with Crippen molar-refractivity contribution < 1.29 is 12.8 Å². The maximum absolute atomic E-state index is 11.5. The first-order valence-corrected chi connectivity index (χ1v) is 9.92. The Hall–Kier alpha value is -1.14. The molecule has 10 heteroatoms. The number of nitrogens with zero attached hydrogens (tertiary/aromatic N) is 2. The topological polar surface area (TPSA) is 96.6 Å². The van der Waals surface area contributed by atoms with Gasteiger partial charge in [-0.2, -0.15) is 0 Å². The summed E-state index contributed by atoms with van der Waals surface area (Å²) in [6.07, 6.45) is 2.21. The highest BCUT2D eigenvalue weighted by Crippen LogP contribution is 2.23. The highest BCUT2D eigenvalue weighted by Gasteiger charge is 2.28. The van der Waals surface area contributed by atoms with Crippen molar-refractivity contribution in [2.24, 2.45) is 4.99 Å². The Kier molecular flexibility index (Phi) is 6.63. The molecule has 1 unspecified atom stereocenters. The lowest BCUT2D eigenvalue weighted by atomic mass is 10.3. The summed E-state index contributed by atoms with van der Waals surface area (Å²) in [5.41, 5.74) is 0.760. The fraction of sp³-hybridized carbons (Fsp3) is 0.429. The van der Waals surface area contributed by atoms with E-state index in [4.69, 9.17) is 4.42 Å². The fourth-order valence-corrected chi connectivity index (χ4v) is 4.70. The van der Waals surface area contributed by atoms with Crippen LogP contribution in [0.3, 0.4) is 0 Å². The van der Waals surface area contributed by atoms with Gasteiger partial charge >= 0.3 is 0 Å². The van der Waals surface area contributed by atoms with Gasteiger partial charge in [0.25, 0.3) is 0 Å². The average molecular weight is 482 g/mol. The third-order valence-electron chi connectivity index (χ3n) is 3.52. The third kappa shape index (κ3) is 4.93. The van der Waals surface area contributed by atoms with E-state index in [-0.39, 0.29) is 41.5 Å². The Morgan fingerprint density at radius 1 is 1.54 bits per heavy atom. The molecule has 0 bridgehead atoms. The van der Waals surface area contributed by atoms with E-state index in [1.807, 2.05) is 17.5 Å². The Labute approximate surface area is 161 Å². The summed E-state index contributed by atoms with van der Waals surface area (Å²) in [7, 11) is -1.26. The predicted octanol–water partition coefficient (Wildman–Crippen LogP) is 1.87. The van der Waals surface area contributed by atoms with E-state index >= 15 is 0 Å². The molecule has 0 amide bonds. The molecule has 1 saturated heterocycles. The van der Waals surface area contributed by atoms with Gasteiger partial charge in [-0.1, -0.05) is 6.07 Å². The van der Waals surface area contributed by atoms with Gasteiger partial charge in [0.05, 0.1) is 28.6 Å². The monoisotopic (exact) mass is 482 g/mol. The van der Waals surface area contributed by atoms with Crippen molar-refractivity contribution in [2.45, 2.75) is 19.0 Å². The number of thiophene rings is 1.